The Hall–Kier alpha value is -3.53. The van der Waals surface area contributed by atoms with Crippen LogP contribution < -0.4 is 20.9 Å². The maximum Gasteiger partial charge on any atom is 0.272 e. The smallest absolute Gasteiger partial charge is 0.272 e. The van der Waals surface area contributed by atoms with Gasteiger partial charge < -0.3 is 25.8 Å². The lowest BCUT2D eigenvalue weighted by molar-refractivity contribution is -0.123. The zero-order valence-electron chi connectivity index (χ0n) is 21.3. The van der Waals surface area contributed by atoms with Crippen molar-refractivity contribution in [1.29, 1.82) is 0 Å². The minimum atomic E-state index is -0.542. The molecule has 6 rings (SSSR count). The number of aromatic amines is 1. The zero-order chi connectivity index (χ0) is 25.5. The topological polar surface area (TPSA) is 138 Å². The van der Waals surface area contributed by atoms with Gasteiger partial charge in [-0.15, -0.1) is 0 Å². The van der Waals surface area contributed by atoms with E-state index in [0.717, 1.165) is 47.5 Å². The van der Waals surface area contributed by atoms with E-state index in [0.29, 0.717) is 36.5 Å². The molecule has 2 aromatic heterocycles. The zero-order valence-corrected chi connectivity index (χ0v) is 21.3. The van der Waals surface area contributed by atoms with Gasteiger partial charge in [0.2, 0.25) is 5.91 Å². The molecule has 194 valence electrons. The minimum absolute atomic E-state index is 0.117. The lowest BCUT2D eigenvalue weighted by Gasteiger charge is -2.29. The summed E-state index contributed by atoms with van der Waals surface area (Å²) in [6.45, 7) is 0.663. The highest BCUT2D eigenvalue weighted by atomic mass is 16.2. The SMILES string of the molecule is CN(C)c1nc(C2N[C@@H]2CC2CCC(CNC(=O)C3Cc4[nH]cnc4C(=O)N3)CC2)nc2ccccc12. The van der Waals surface area contributed by atoms with Crippen LogP contribution in [0.2, 0.25) is 0 Å². The van der Waals surface area contributed by atoms with Crippen LogP contribution in [-0.2, 0) is 11.2 Å². The molecule has 10 heteroatoms. The number of nitrogens with one attached hydrogen (secondary N) is 4. The van der Waals surface area contributed by atoms with Gasteiger partial charge in [-0.25, -0.2) is 15.0 Å². The first-order valence-corrected chi connectivity index (χ1v) is 13.3. The Labute approximate surface area is 216 Å². The third kappa shape index (κ3) is 4.90. The van der Waals surface area contributed by atoms with Crippen LogP contribution >= 0.6 is 0 Å². The van der Waals surface area contributed by atoms with Gasteiger partial charge >= 0.3 is 0 Å². The van der Waals surface area contributed by atoms with E-state index in [-0.39, 0.29) is 17.9 Å². The quantitative estimate of drug-likeness (QED) is 0.363. The van der Waals surface area contributed by atoms with Crippen molar-refractivity contribution in [2.45, 2.75) is 56.7 Å². The van der Waals surface area contributed by atoms with Gasteiger partial charge in [-0.2, -0.15) is 0 Å². The van der Waals surface area contributed by atoms with Crippen LogP contribution in [-0.4, -0.2) is 64.5 Å². The summed E-state index contributed by atoms with van der Waals surface area (Å²) < 4.78 is 0. The van der Waals surface area contributed by atoms with E-state index in [1.165, 1.54) is 19.2 Å². The Balaban J connectivity index is 0.971. The van der Waals surface area contributed by atoms with E-state index < -0.39 is 6.04 Å². The summed E-state index contributed by atoms with van der Waals surface area (Å²) in [7, 11) is 4.05. The molecule has 0 spiro atoms. The Bertz CT molecular complexity index is 1310. The summed E-state index contributed by atoms with van der Waals surface area (Å²) in [5, 5.41) is 10.5. The van der Waals surface area contributed by atoms with Crippen molar-refractivity contribution in [2.75, 3.05) is 25.5 Å². The van der Waals surface area contributed by atoms with Crippen molar-refractivity contribution in [3.8, 4) is 0 Å². The Kier molecular flexibility index (Phi) is 6.27. The van der Waals surface area contributed by atoms with Gasteiger partial charge in [0.05, 0.1) is 23.6 Å². The number of aromatic nitrogens is 4. The fraction of sp³-hybridized carbons (Fsp3) is 0.519. The second-order valence-electron chi connectivity index (χ2n) is 10.9. The van der Waals surface area contributed by atoms with E-state index in [1.54, 1.807) is 0 Å². The number of amides is 2. The number of benzene rings is 1. The predicted molar refractivity (Wildman–Crippen MR) is 140 cm³/mol. The molecule has 37 heavy (non-hydrogen) atoms. The maximum atomic E-state index is 12.7. The number of anilines is 1. The lowest BCUT2D eigenvalue weighted by Crippen LogP contribution is -2.51. The largest absolute Gasteiger partial charge is 0.362 e. The van der Waals surface area contributed by atoms with Crippen LogP contribution in [0, 0.1) is 11.8 Å². The van der Waals surface area contributed by atoms with E-state index in [1.807, 2.05) is 26.2 Å². The number of carbonyl (C=O) groups excluding carboxylic acids is 2. The number of hydrogen-bond donors (Lipinski definition) is 4. The summed E-state index contributed by atoms with van der Waals surface area (Å²) in [5.41, 5.74) is 2.10. The molecule has 10 nitrogen and oxygen atoms in total. The van der Waals surface area contributed by atoms with Crippen LogP contribution in [0.4, 0.5) is 5.82 Å². The average molecular weight is 503 g/mol. The minimum Gasteiger partial charge on any atom is -0.362 e. The van der Waals surface area contributed by atoms with Gasteiger partial charge in [-0.1, -0.05) is 25.0 Å². The van der Waals surface area contributed by atoms with E-state index in [9.17, 15) is 9.59 Å². The molecule has 0 bridgehead atoms. The number of fused-ring (bicyclic) bond motifs is 2. The molecule has 1 aliphatic carbocycles. The first-order chi connectivity index (χ1) is 18.0. The van der Waals surface area contributed by atoms with Crippen molar-refractivity contribution >= 4 is 28.5 Å². The second-order valence-corrected chi connectivity index (χ2v) is 10.9. The van der Waals surface area contributed by atoms with Crippen molar-refractivity contribution < 1.29 is 9.59 Å². The molecule has 2 unspecified atom stereocenters. The third-order valence-electron chi connectivity index (χ3n) is 8.07. The average Bonchev–Trinajstić information content (AvgIpc) is 3.50. The predicted octanol–water partition coefficient (Wildman–Crippen LogP) is 2.10. The normalized spacial score (nSPS) is 26.9. The highest BCUT2D eigenvalue weighted by Gasteiger charge is 2.42. The molecule has 1 saturated heterocycles. The molecule has 1 aromatic carbocycles. The number of hydrogen-bond acceptors (Lipinski definition) is 7. The standard InChI is InChI=1S/C27H34N8O2/c1-35(2)25-17-5-3-4-6-18(17)32-24(34-25)22-20(31-22)11-15-7-9-16(10-8-15)13-28-26(36)21-12-19-23(27(37)33-21)30-14-29-19/h3-6,14-16,20-22,31H,7-13H2,1-2H3,(H,28,36)(H,29,30)(H,33,37)/t15?,16?,20-,21?,22?/m1/s1. The second kappa shape index (κ2) is 9.74. The highest BCUT2D eigenvalue weighted by Crippen LogP contribution is 2.39. The molecule has 1 saturated carbocycles. The van der Waals surface area contributed by atoms with Gasteiger partial charge in [-0.3, -0.25) is 9.59 Å². The van der Waals surface area contributed by atoms with E-state index >= 15 is 0 Å². The van der Waals surface area contributed by atoms with Crippen LogP contribution in [0.5, 0.6) is 0 Å². The van der Waals surface area contributed by atoms with Crippen molar-refractivity contribution in [2.24, 2.45) is 11.8 Å². The van der Waals surface area contributed by atoms with Gasteiger partial charge in [0.1, 0.15) is 23.4 Å². The molecular formula is C27H34N8O2. The van der Waals surface area contributed by atoms with Crippen LogP contribution in [0.15, 0.2) is 30.6 Å². The third-order valence-corrected chi connectivity index (χ3v) is 8.07. The molecule has 4 N–H and O–H groups in total. The molecule has 0 radical (unpaired) electrons. The summed E-state index contributed by atoms with van der Waals surface area (Å²) in [6.07, 6.45) is 7.65. The Morgan fingerprint density at radius 2 is 1.89 bits per heavy atom. The van der Waals surface area contributed by atoms with Crippen molar-refractivity contribution in [3.05, 3.63) is 47.8 Å². The van der Waals surface area contributed by atoms with Gasteiger partial charge in [0.25, 0.3) is 5.91 Å². The van der Waals surface area contributed by atoms with Crippen LogP contribution in [0.3, 0.4) is 0 Å². The Morgan fingerprint density at radius 1 is 1.11 bits per heavy atom. The van der Waals surface area contributed by atoms with Gasteiger partial charge in [0.15, 0.2) is 0 Å². The fourth-order valence-electron chi connectivity index (χ4n) is 5.90. The van der Waals surface area contributed by atoms with Gasteiger partial charge in [0, 0.05) is 38.5 Å². The van der Waals surface area contributed by atoms with Crippen molar-refractivity contribution in [1.82, 2.24) is 35.9 Å². The summed E-state index contributed by atoms with van der Waals surface area (Å²) >= 11 is 0. The fourth-order valence-corrected chi connectivity index (χ4v) is 5.90. The van der Waals surface area contributed by atoms with Crippen molar-refractivity contribution in [3.63, 3.8) is 0 Å². The first-order valence-electron chi connectivity index (χ1n) is 13.3. The number of imidazole rings is 1. The summed E-state index contributed by atoms with van der Waals surface area (Å²) in [5.74, 6) is 2.61. The number of H-pyrrole nitrogens is 1. The molecule has 4 heterocycles. The number of nitrogens with zero attached hydrogens (tertiary/aromatic N) is 4. The molecular weight excluding hydrogens is 468 g/mol. The highest BCUT2D eigenvalue weighted by molar-refractivity contribution is 5.99. The molecule has 2 amide bonds. The number of para-hydroxylation sites is 1. The monoisotopic (exact) mass is 502 g/mol. The molecule has 3 atom stereocenters. The number of rotatable bonds is 7. The van der Waals surface area contributed by atoms with E-state index in [4.69, 9.17) is 9.97 Å². The molecule has 2 fully saturated rings. The first kappa shape index (κ1) is 23.8. The number of carbonyl (C=O) groups is 2. The Morgan fingerprint density at radius 3 is 2.70 bits per heavy atom. The van der Waals surface area contributed by atoms with E-state index in [2.05, 4.69) is 43.0 Å². The summed E-state index contributed by atoms with van der Waals surface area (Å²) in [4.78, 5) is 43.6. The molecule has 2 aliphatic heterocycles. The molecule has 3 aliphatic rings. The maximum absolute atomic E-state index is 12.7. The summed E-state index contributed by atoms with van der Waals surface area (Å²) in [6, 6.07) is 8.30. The van der Waals surface area contributed by atoms with Crippen LogP contribution in [0.1, 0.15) is 60.2 Å². The molecule has 3 aromatic rings. The van der Waals surface area contributed by atoms with Gasteiger partial charge in [-0.05, 0) is 43.2 Å². The van der Waals surface area contributed by atoms with Crippen LogP contribution in [0.25, 0.3) is 10.9 Å². The lowest BCUT2D eigenvalue weighted by atomic mass is 9.79.